The summed E-state index contributed by atoms with van der Waals surface area (Å²) in [5.41, 5.74) is 2.20. The number of allylic oxidation sites excluding steroid dienone is 6. The molecule has 0 saturated carbocycles. The van der Waals surface area contributed by atoms with E-state index in [1.165, 1.54) is 0 Å². The minimum Gasteiger partial charge on any atom is -0.508 e. The van der Waals surface area contributed by atoms with E-state index in [-0.39, 0.29) is 11.5 Å². The molecule has 28 heavy (non-hydrogen) atoms. The average Bonchev–Trinajstić information content (AvgIpc) is 3.28. The van der Waals surface area contributed by atoms with Gasteiger partial charge in [-0.05, 0) is 47.9 Å². The van der Waals surface area contributed by atoms with Crippen LogP contribution in [0.3, 0.4) is 0 Å². The Labute approximate surface area is 164 Å². The van der Waals surface area contributed by atoms with Crippen molar-refractivity contribution in [3.63, 3.8) is 0 Å². The maximum absolute atomic E-state index is 12.6. The van der Waals surface area contributed by atoms with Crippen LogP contribution in [-0.2, 0) is 5.41 Å². The number of carbonyl (C=O) groups excluding carboxylic acids is 1. The predicted molar refractivity (Wildman–Crippen MR) is 110 cm³/mol. The first-order valence-corrected chi connectivity index (χ1v) is 9.17. The van der Waals surface area contributed by atoms with Crippen LogP contribution in [-0.4, -0.2) is 10.9 Å². The Hall–Kier alpha value is -3.59. The predicted octanol–water partition coefficient (Wildman–Crippen LogP) is 5.71. The first kappa shape index (κ1) is 17.8. The largest absolute Gasteiger partial charge is 0.508 e. The van der Waals surface area contributed by atoms with E-state index >= 15 is 0 Å². The molecule has 0 spiro atoms. The van der Waals surface area contributed by atoms with E-state index in [0.717, 1.165) is 16.9 Å². The zero-order valence-electron chi connectivity index (χ0n) is 15.3. The number of hydrogen-bond acceptors (Lipinski definition) is 3. The van der Waals surface area contributed by atoms with Crippen LogP contribution in [0.1, 0.15) is 28.1 Å². The molecule has 4 rings (SSSR count). The number of rotatable bonds is 5. The quantitative estimate of drug-likeness (QED) is 0.464. The molecule has 1 aliphatic rings. The smallest absolute Gasteiger partial charge is 0.185 e. The lowest BCUT2D eigenvalue weighted by Crippen LogP contribution is -2.23. The standard InChI is InChI=1S/C25H20O3/c26-22-12-10-21(11-13-22)25(16-14-23(27)19-6-2-1-3-7-19)15-4-8-20(18-25)24-9-5-17-28-24/h1-17,26H,18H2. The highest BCUT2D eigenvalue weighted by atomic mass is 16.3. The molecular weight excluding hydrogens is 348 g/mol. The summed E-state index contributed by atoms with van der Waals surface area (Å²) in [7, 11) is 0. The Balaban J connectivity index is 1.72. The lowest BCUT2D eigenvalue weighted by atomic mass is 9.72. The van der Waals surface area contributed by atoms with Crippen molar-refractivity contribution in [2.24, 2.45) is 0 Å². The molecule has 0 aliphatic heterocycles. The van der Waals surface area contributed by atoms with E-state index in [9.17, 15) is 9.90 Å². The molecule has 1 N–H and O–H groups in total. The molecule has 0 fully saturated rings. The van der Waals surface area contributed by atoms with Crippen molar-refractivity contribution < 1.29 is 14.3 Å². The van der Waals surface area contributed by atoms with Crippen molar-refractivity contribution in [2.45, 2.75) is 11.8 Å². The first-order valence-electron chi connectivity index (χ1n) is 9.17. The van der Waals surface area contributed by atoms with Crippen LogP contribution in [0, 0.1) is 0 Å². The fraction of sp³-hybridized carbons (Fsp3) is 0.0800. The number of ketones is 1. The van der Waals surface area contributed by atoms with Gasteiger partial charge in [-0.15, -0.1) is 0 Å². The van der Waals surface area contributed by atoms with Crippen LogP contribution in [0.4, 0.5) is 0 Å². The molecule has 3 nitrogen and oxygen atoms in total. The fourth-order valence-electron chi connectivity index (χ4n) is 3.50. The third-order valence-corrected chi connectivity index (χ3v) is 5.01. The van der Waals surface area contributed by atoms with Crippen molar-refractivity contribution in [1.29, 1.82) is 0 Å². The van der Waals surface area contributed by atoms with Crippen LogP contribution >= 0.6 is 0 Å². The zero-order valence-corrected chi connectivity index (χ0v) is 15.3. The molecule has 1 aromatic heterocycles. The third-order valence-electron chi connectivity index (χ3n) is 5.01. The maximum Gasteiger partial charge on any atom is 0.185 e. The maximum atomic E-state index is 12.6. The van der Waals surface area contributed by atoms with Crippen LogP contribution in [0.2, 0.25) is 0 Å². The highest BCUT2D eigenvalue weighted by molar-refractivity contribution is 6.04. The molecule has 138 valence electrons. The number of phenolic OH excluding ortho intramolecular Hbond substituents is 1. The summed E-state index contributed by atoms with van der Waals surface area (Å²) < 4.78 is 5.58. The van der Waals surface area contributed by atoms with E-state index in [1.807, 2.05) is 72.8 Å². The van der Waals surface area contributed by atoms with E-state index in [0.29, 0.717) is 12.0 Å². The van der Waals surface area contributed by atoms with Crippen molar-refractivity contribution in [3.8, 4) is 5.75 Å². The Morgan fingerprint density at radius 2 is 1.79 bits per heavy atom. The summed E-state index contributed by atoms with van der Waals surface area (Å²) in [6, 6.07) is 20.1. The SMILES string of the molecule is O=C(C=CC1(c2ccc(O)cc2)C=CC=C(c2ccco2)C1)c1ccccc1. The second kappa shape index (κ2) is 7.57. The lowest BCUT2D eigenvalue weighted by Gasteiger charge is -2.31. The number of carbonyl (C=O) groups is 1. The summed E-state index contributed by atoms with van der Waals surface area (Å²) in [6.07, 6.45) is 12.0. The van der Waals surface area contributed by atoms with Gasteiger partial charge in [-0.3, -0.25) is 4.79 Å². The van der Waals surface area contributed by atoms with Gasteiger partial charge in [-0.25, -0.2) is 0 Å². The minimum absolute atomic E-state index is 0.0405. The van der Waals surface area contributed by atoms with E-state index in [4.69, 9.17) is 4.42 Å². The Morgan fingerprint density at radius 3 is 2.50 bits per heavy atom. The molecule has 0 bridgehead atoms. The van der Waals surface area contributed by atoms with Gasteiger partial charge in [0.2, 0.25) is 0 Å². The summed E-state index contributed by atoms with van der Waals surface area (Å²) in [4.78, 5) is 12.6. The van der Waals surface area contributed by atoms with Gasteiger partial charge in [0.1, 0.15) is 11.5 Å². The Bertz CT molecular complexity index is 1040. The normalized spacial score (nSPS) is 18.9. The number of furan rings is 1. The molecule has 1 heterocycles. The molecule has 1 aliphatic carbocycles. The topological polar surface area (TPSA) is 50.4 Å². The van der Waals surface area contributed by atoms with Crippen molar-refractivity contribution in [1.82, 2.24) is 0 Å². The number of hydrogen-bond donors (Lipinski definition) is 1. The first-order chi connectivity index (χ1) is 13.7. The average molecular weight is 368 g/mol. The van der Waals surface area contributed by atoms with Gasteiger partial charge in [0.15, 0.2) is 5.78 Å². The molecule has 0 amide bonds. The number of phenols is 1. The Morgan fingerprint density at radius 1 is 1.00 bits per heavy atom. The highest BCUT2D eigenvalue weighted by Crippen LogP contribution is 2.41. The Kier molecular flexibility index (Phi) is 4.81. The molecule has 0 radical (unpaired) electrons. The van der Waals surface area contributed by atoms with Gasteiger partial charge in [0, 0.05) is 11.0 Å². The van der Waals surface area contributed by atoms with Crippen LogP contribution in [0.25, 0.3) is 5.57 Å². The molecule has 3 heteroatoms. The molecular formula is C25H20O3. The van der Waals surface area contributed by atoms with Gasteiger partial charge >= 0.3 is 0 Å². The van der Waals surface area contributed by atoms with Crippen LogP contribution < -0.4 is 0 Å². The highest BCUT2D eigenvalue weighted by Gasteiger charge is 2.31. The van der Waals surface area contributed by atoms with E-state index in [1.54, 1.807) is 24.5 Å². The summed E-state index contributed by atoms with van der Waals surface area (Å²) in [6.45, 7) is 0. The summed E-state index contributed by atoms with van der Waals surface area (Å²) in [5, 5.41) is 9.69. The zero-order chi connectivity index (χ0) is 19.4. The third kappa shape index (κ3) is 3.60. The second-order valence-corrected chi connectivity index (χ2v) is 6.86. The monoisotopic (exact) mass is 368 g/mol. The van der Waals surface area contributed by atoms with Crippen molar-refractivity contribution in [3.05, 3.63) is 120 Å². The van der Waals surface area contributed by atoms with E-state index < -0.39 is 5.41 Å². The van der Waals surface area contributed by atoms with Gasteiger partial charge < -0.3 is 9.52 Å². The van der Waals surface area contributed by atoms with Crippen molar-refractivity contribution >= 4 is 11.4 Å². The summed E-state index contributed by atoms with van der Waals surface area (Å²) in [5.74, 6) is 0.987. The van der Waals surface area contributed by atoms with Gasteiger partial charge in [-0.1, -0.05) is 66.8 Å². The summed E-state index contributed by atoms with van der Waals surface area (Å²) >= 11 is 0. The van der Waals surface area contributed by atoms with Gasteiger partial charge in [-0.2, -0.15) is 0 Å². The molecule has 2 aromatic carbocycles. The van der Waals surface area contributed by atoms with Crippen LogP contribution in [0.5, 0.6) is 5.75 Å². The van der Waals surface area contributed by atoms with Gasteiger partial charge in [0.05, 0.1) is 6.26 Å². The van der Waals surface area contributed by atoms with E-state index in [2.05, 4.69) is 6.08 Å². The number of benzene rings is 2. The second-order valence-electron chi connectivity index (χ2n) is 6.86. The van der Waals surface area contributed by atoms with Gasteiger partial charge in [0.25, 0.3) is 0 Å². The fourth-order valence-corrected chi connectivity index (χ4v) is 3.50. The molecule has 3 aromatic rings. The number of aromatic hydroxyl groups is 1. The molecule has 1 atom stereocenters. The van der Waals surface area contributed by atoms with Crippen LogP contribution in [0.15, 0.2) is 108 Å². The molecule has 1 unspecified atom stereocenters. The van der Waals surface area contributed by atoms with Crippen molar-refractivity contribution in [2.75, 3.05) is 0 Å². The lowest BCUT2D eigenvalue weighted by molar-refractivity contribution is 0.104. The molecule has 0 saturated heterocycles. The minimum atomic E-state index is -0.505.